The fourth-order valence-electron chi connectivity index (χ4n) is 2.46. The summed E-state index contributed by atoms with van der Waals surface area (Å²) in [7, 11) is 0. The zero-order valence-electron chi connectivity index (χ0n) is 10.8. The Bertz CT molecular complexity index is 286. The molecule has 1 nitrogen and oxygen atoms in total. The molecule has 0 spiro atoms. The van der Waals surface area contributed by atoms with Crippen LogP contribution in [0.4, 0.5) is 0 Å². The average molecular weight is 208 g/mol. The summed E-state index contributed by atoms with van der Waals surface area (Å²) in [6, 6.07) is 0. The molecule has 1 aliphatic rings. The third kappa shape index (κ3) is 2.50. The van der Waals surface area contributed by atoms with E-state index < -0.39 is 0 Å². The molecule has 0 saturated heterocycles. The molecule has 0 radical (unpaired) electrons. The van der Waals surface area contributed by atoms with Gasteiger partial charge in [-0.1, -0.05) is 33.3 Å². The van der Waals surface area contributed by atoms with Gasteiger partial charge in [-0.2, -0.15) is 0 Å². The summed E-state index contributed by atoms with van der Waals surface area (Å²) in [6.45, 7) is 10.7. The van der Waals surface area contributed by atoms with Crippen molar-refractivity contribution in [1.29, 1.82) is 0 Å². The summed E-state index contributed by atoms with van der Waals surface area (Å²) in [5.74, 6) is 0.203. The van der Waals surface area contributed by atoms with Gasteiger partial charge in [-0.25, -0.2) is 0 Å². The molecular formula is C14H24O. The minimum Gasteiger partial charge on any atom is -0.295 e. The number of hydrogen-bond acceptors (Lipinski definition) is 1. The van der Waals surface area contributed by atoms with Gasteiger partial charge in [0.1, 0.15) is 0 Å². The Morgan fingerprint density at radius 1 is 1.20 bits per heavy atom. The van der Waals surface area contributed by atoms with Crippen LogP contribution in [0.15, 0.2) is 11.6 Å². The minimum atomic E-state index is 0.203. The van der Waals surface area contributed by atoms with Crippen LogP contribution in [0.1, 0.15) is 60.3 Å². The number of carbonyl (C=O) groups excluding carboxylic acids is 1. The van der Waals surface area contributed by atoms with Crippen LogP contribution in [0.3, 0.4) is 0 Å². The minimum absolute atomic E-state index is 0.203. The van der Waals surface area contributed by atoms with Crippen molar-refractivity contribution in [2.75, 3.05) is 0 Å². The van der Waals surface area contributed by atoms with Crippen molar-refractivity contribution in [3.63, 3.8) is 0 Å². The maximum Gasteiger partial charge on any atom is 0.155 e. The first-order valence-electron chi connectivity index (χ1n) is 5.96. The van der Waals surface area contributed by atoms with Gasteiger partial charge in [0.05, 0.1) is 0 Å². The molecule has 1 rings (SSSR count). The summed E-state index contributed by atoms with van der Waals surface area (Å²) in [5, 5.41) is 0. The van der Waals surface area contributed by atoms with E-state index in [0.717, 1.165) is 12.0 Å². The smallest absolute Gasteiger partial charge is 0.155 e. The molecule has 15 heavy (non-hydrogen) atoms. The predicted octanol–water partition coefficient (Wildman–Crippen LogP) is 4.13. The molecule has 1 atom stereocenters. The van der Waals surface area contributed by atoms with Gasteiger partial charge >= 0.3 is 0 Å². The molecule has 0 aromatic carbocycles. The lowest BCUT2D eigenvalue weighted by atomic mass is 9.67. The molecule has 86 valence electrons. The SMILES string of the molecule is CC(=O)/C(C)=C/CC1(C)CCCC1(C)C. The van der Waals surface area contributed by atoms with Gasteiger partial charge < -0.3 is 0 Å². The number of ketones is 1. The van der Waals surface area contributed by atoms with Crippen LogP contribution in [0.5, 0.6) is 0 Å². The van der Waals surface area contributed by atoms with Gasteiger partial charge in [0.15, 0.2) is 5.78 Å². The number of Topliss-reactive ketones (excluding diaryl/α,β-unsaturated/α-hetero) is 1. The monoisotopic (exact) mass is 208 g/mol. The second-order valence-electron chi connectivity index (χ2n) is 5.95. The maximum absolute atomic E-state index is 11.1. The largest absolute Gasteiger partial charge is 0.295 e. The molecule has 0 aromatic heterocycles. The van der Waals surface area contributed by atoms with Gasteiger partial charge in [-0.3, -0.25) is 4.79 Å². The second kappa shape index (κ2) is 4.11. The Kier molecular flexibility index (Phi) is 3.42. The zero-order chi connectivity index (χ0) is 11.7. The molecule has 0 bridgehead atoms. The highest BCUT2D eigenvalue weighted by Gasteiger charge is 2.43. The van der Waals surface area contributed by atoms with Crippen LogP contribution >= 0.6 is 0 Å². The first kappa shape index (κ1) is 12.5. The number of allylic oxidation sites excluding steroid dienone is 2. The molecule has 0 heterocycles. The third-order valence-electron chi connectivity index (χ3n) is 4.58. The molecule has 1 unspecified atom stereocenters. The first-order chi connectivity index (χ1) is 6.78. The zero-order valence-corrected chi connectivity index (χ0v) is 10.8. The van der Waals surface area contributed by atoms with Crippen molar-refractivity contribution in [3.8, 4) is 0 Å². The Morgan fingerprint density at radius 3 is 2.20 bits per heavy atom. The predicted molar refractivity (Wildman–Crippen MR) is 64.8 cm³/mol. The summed E-state index contributed by atoms with van der Waals surface area (Å²) in [5.41, 5.74) is 1.71. The molecular weight excluding hydrogens is 184 g/mol. The van der Waals surface area contributed by atoms with Crippen LogP contribution in [-0.4, -0.2) is 5.78 Å². The number of hydrogen-bond donors (Lipinski definition) is 0. The lowest BCUT2D eigenvalue weighted by molar-refractivity contribution is -0.113. The van der Waals surface area contributed by atoms with Crippen LogP contribution in [0.25, 0.3) is 0 Å². The molecule has 0 N–H and O–H groups in total. The third-order valence-corrected chi connectivity index (χ3v) is 4.58. The van der Waals surface area contributed by atoms with Crippen molar-refractivity contribution in [2.24, 2.45) is 10.8 Å². The van der Waals surface area contributed by atoms with Gasteiger partial charge in [-0.05, 0) is 49.5 Å². The molecule has 1 fully saturated rings. The van der Waals surface area contributed by atoms with Gasteiger partial charge in [0.25, 0.3) is 0 Å². The molecule has 0 aromatic rings. The van der Waals surface area contributed by atoms with E-state index in [-0.39, 0.29) is 5.78 Å². The number of carbonyl (C=O) groups is 1. The second-order valence-corrected chi connectivity index (χ2v) is 5.95. The topological polar surface area (TPSA) is 17.1 Å². The van der Waals surface area contributed by atoms with Crippen molar-refractivity contribution in [2.45, 2.75) is 60.3 Å². The molecule has 1 heteroatoms. The molecule has 1 aliphatic carbocycles. The summed E-state index contributed by atoms with van der Waals surface area (Å²) in [4.78, 5) is 11.1. The van der Waals surface area contributed by atoms with E-state index >= 15 is 0 Å². The fourth-order valence-corrected chi connectivity index (χ4v) is 2.46. The van der Waals surface area contributed by atoms with E-state index in [1.54, 1.807) is 6.92 Å². The van der Waals surface area contributed by atoms with Crippen molar-refractivity contribution >= 4 is 5.78 Å². The molecule has 0 amide bonds. The highest BCUT2D eigenvalue weighted by Crippen LogP contribution is 2.54. The Balaban J connectivity index is 2.73. The fraction of sp³-hybridized carbons (Fsp3) is 0.786. The van der Waals surface area contributed by atoms with Gasteiger partial charge in [0, 0.05) is 0 Å². The van der Waals surface area contributed by atoms with Crippen LogP contribution in [0.2, 0.25) is 0 Å². The molecule has 1 saturated carbocycles. The van der Waals surface area contributed by atoms with Crippen LogP contribution < -0.4 is 0 Å². The van der Waals surface area contributed by atoms with E-state index in [9.17, 15) is 4.79 Å². The maximum atomic E-state index is 11.1. The quantitative estimate of drug-likeness (QED) is 0.637. The first-order valence-corrected chi connectivity index (χ1v) is 5.96. The standard InChI is InChI=1S/C14H24O/c1-11(12(2)15)7-10-14(5)9-6-8-13(14,3)4/h7H,6,8-10H2,1-5H3/b11-7+. The van der Waals surface area contributed by atoms with Gasteiger partial charge in [0.2, 0.25) is 0 Å². The Morgan fingerprint density at radius 2 is 1.80 bits per heavy atom. The van der Waals surface area contributed by atoms with E-state index in [1.807, 2.05) is 6.92 Å². The van der Waals surface area contributed by atoms with Crippen molar-refractivity contribution in [3.05, 3.63) is 11.6 Å². The van der Waals surface area contributed by atoms with Crippen molar-refractivity contribution in [1.82, 2.24) is 0 Å². The van der Waals surface area contributed by atoms with E-state index in [4.69, 9.17) is 0 Å². The summed E-state index contributed by atoms with van der Waals surface area (Å²) in [6.07, 6.45) is 7.12. The lowest BCUT2D eigenvalue weighted by Crippen LogP contribution is -2.29. The average Bonchev–Trinajstić information content (AvgIpc) is 2.38. The normalized spacial score (nSPS) is 30.6. The Hall–Kier alpha value is -0.590. The summed E-state index contributed by atoms with van der Waals surface area (Å²) < 4.78 is 0. The van der Waals surface area contributed by atoms with Gasteiger partial charge in [-0.15, -0.1) is 0 Å². The van der Waals surface area contributed by atoms with E-state index in [1.165, 1.54) is 19.3 Å². The Labute approximate surface area is 93.9 Å². The highest BCUT2D eigenvalue weighted by molar-refractivity contribution is 5.92. The lowest BCUT2D eigenvalue weighted by Gasteiger charge is -2.38. The highest BCUT2D eigenvalue weighted by atomic mass is 16.1. The van der Waals surface area contributed by atoms with E-state index in [0.29, 0.717) is 10.8 Å². The number of rotatable bonds is 3. The summed E-state index contributed by atoms with van der Waals surface area (Å²) >= 11 is 0. The van der Waals surface area contributed by atoms with Crippen LogP contribution in [-0.2, 0) is 4.79 Å². The van der Waals surface area contributed by atoms with E-state index in [2.05, 4.69) is 26.8 Å². The van der Waals surface area contributed by atoms with Crippen LogP contribution in [0, 0.1) is 10.8 Å². The molecule has 0 aliphatic heterocycles. The van der Waals surface area contributed by atoms with Crippen molar-refractivity contribution < 1.29 is 4.79 Å².